The van der Waals surface area contributed by atoms with Crippen molar-refractivity contribution in [2.45, 2.75) is 0 Å². The second-order valence-corrected chi connectivity index (χ2v) is 2.15. The number of nitrogens with zero attached hydrogens (tertiary/aromatic N) is 3. The summed E-state index contributed by atoms with van der Waals surface area (Å²) in [6.45, 7) is 0. The fourth-order valence-electron chi connectivity index (χ4n) is 0.797. The van der Waals surface area contributed by atoms with Crippen LogP contribution in [-0.2, 0) is 7.05 Å². The number of carboxylic acids is 1. The summed E-state index contributed by atoms with van der Waals surface area (Å²) in [7, 11) is 1.47. The summed E-state index contributed by atoms with van der Waals surface area (Å²) in [6.07, 6.45) is 0. The van der Waals surface area contributed by atoms with Crippen LogP contribution < -0.4 is 5.73 Å². The van der Waals surface area contributed by atoms with Crippen molar-refractivity contribution in [3.63, 3.8) is 0 Å². The van der Waals surface area contributed by atoms with Gasteiger partial charge in [0.1, 0.15) is 17.5 Å². The van der Waals surface area contributed by atoms with E-state index >= 15 is 0 Å². The number of aromatic carboxylic acids is 1. The zero-order valence-electron chi connectivity index (χ0n) is 6.27. The summed E-state index contributed by atoms with van der Waals surface area (Å²) >= 11 is 0. The van der Waals surface area contributed by atoms with Crippen LogP contribution in [0.3, 0.4) is 0 Å². The number of aromatic nitrogens is 2. The van der Waals surface area contributed by atoms with Gasteiger partial charge in [-0.1, -0.05) is 0 Å². The highest BCUT2D eigenvalue weighted by atomic mass is 16.4. The second kappa shape index (κ2) is 2.54. The average molecular weight is 166 g/mol. The van der Waals surface area contributed by atoms with Gasteiger partial charge in [0.25, 0.3) is 0 Å². The first-order valence-electron chi connectivity index (χ1n) is 3.03. The van der Waals surface area contributed by atoms with Crippen LogP contribution in [-0.4, -0.2) is 20.9 Å². The lowest BCUT2D eigenvalue weighted by Gasteiger charge is -1.89. The van der Waals surface area contributed by atoms with Crippen molar-refractivity contribution in [2.24, 2.45) is 7.05 Å². The van der Waals surface area contributed by atoms with E-state index in [1.807, 2.05) is 0 Å². The highest BCUT2D eigenvalue weighted by molar-refractivity contribution is 5.90. The van der Waals surface area contributed by atoms with Gasteiger partial charge in [-0.15, -0.1) is 0 Å². The largest absolute Gasteiger partial charge is 0.476 e. The van der Waals surface area contributed by atoms with Crippen LogP contribution in [0.15, 0.2) is 0 Å². The van der Waals surface area contributed by atoms with E-state index in [1.54, 1.807) is 6.07 Å². The molecule has 0 amide bonds. The van der Waals surface area contributed by atoms with E-state index < -0.39 is 5.97 Å². The molecule has 0 spiro atoms. The molecule has 1 aromatic heterocycles. The molecule has 0 fully saturated rings. The van der Waals surface area contributed by atoms with E-state index in [0.717, 1.165) is 4.68 Å². The molecule has 1 aromatic rings. The number of rotatable bonds is 1. The van der Waals surface area contributed by atoms with Crippen molar-refractivity contribution in [1.29, 1.82) is 5.26 Å². The molecule has 0 atom stereocenters. The van der Waals surface area contributed by atoms with E-state index in [2.05, 4.69) is 5.10 Å². The molecule has 0 bridgehead atoms. The van der Waals surface area contributed by atoms with Crippen molar-refractivity contribution in [1.82, 2.24) is 9.78 Å². The molecule has 0 saturated heterocycles. The first-order chi connectivity index (χ1) is 5.57. The summed E-state index contributed by atoms with van der Waals surface area (Å²) < 4.78 is 1.15. The maximum absolute atomic E-state index is 10.5. The topological polar surface area (TPSA) is 105 Å². The number of anilines is 1. The number of carbonyl (C=O) groups is 1. The number of nitrogens with two attached hydrogens (primary N) is 1. The molecule has 1 rings (SSSR count). The zero-order chi connectivity index (χ0) is 9.30. The molecule has 6 heteroatoms. The minimum atomic E-state index is -1.25. The molecule has 0 aliphatic carbocycles. The number of aryl methyl sites for hydroxylation is 1. The Balaban J connectivity index is 3.42. The number of nitriles is 1. The van der Waals surface area contributed by atoms with Crippen molar-refractivity contribution in [3.05, 3.63) is 11.3 Å². The summed E-state index contributed by atoms with van der Waals surface area (Å²) in [4.78, 5) is 10.5. The van der Waals surface area contributed by atoms with Gasteiger partial charge in [0.2, 0.25) is 0 Å². The normalized spacial score (nSPS) is 9.33. The molecule has 0 aliphatic rings. The third-order valence-electron chi connectivity index (χ3n) is 1.41. The van der Waals surface area contributed by atoms with Gasteiger partial charge < -0.3 is 10.8 Å². The van der Waals surface area contributed by atoms with Gasteiger partial charge in [0.15, 0.2) is 5.69 Å². The van der Waals surface area contributed by atoms with Gasteiger partial charge in [-0.05, 0) is 0 Å². The Hall–Kier alpha value is -2.03. The van der Waals surface area contributed by atoms with Gasteiger partial charge in [-0.2, -0.15) is 10.4 Å². The predicted molar refractivity (Wildman–Crippen MR) is 39.3 cm³/mol. The van der Waals surface area contributed by atoms with Crippen LogP contribution in [0.2, 0.25) is 0 Å². The smallest absolute Gasteiger partial charge is 0.357 e. The van der Waals surface area contributed by atoms with Gasteiger partial charge in [0, 0.05) is 7.05 Å². The Bertz CT molecular complexity index is 374. The summed E-state index contributed by atoms with van der Waals surface area (Å²) in [5.74, 6) is -1.19. The molecular weight excluding hydrogens is 160 g/mol. The molecule has 0 unspecified atom stereocenters. The number of carboxylic acid groups (broad SMARTS) is 1. The minimum Gasteiger partial charge on any atom is -0.476 e. The van der Waals surface area contributed by atoms with Crippen molar-refractivity contribution < 1.29 is 9.90 Å². The first kappa shape index (κ1) is 8.07. The lowest BCUT2D eigenvalue weighted by molar-refractivity contribution is 0.0689. The van der Waals surface area contributed by atoms with Crippen LogP contribution in [0, 0.1) is 11.3 Å². The number of hydrogen-bond donors (Lipinski definition) is 2. The molecule has 62 valence electrons. The first-order valence-corrected chi connectivity index (χ1v) is 3.03. The van der Waals surface area contributed by atoms with E-state index in [4.69, 9.17) is 16.1 Å². The SMILES string of the molecule is Cn1nc(C(=O)O)c(C#N)c1N. The monoisotopic (exact) mass is 166 g/mol. The summed E-state index contributed by atoms with van der Waals surface area (Å²) in [5, 5.41) is 20.6. The number of hydrogen-bond acceptors (Lipinski definition) is 4. The van der Waals surface area contributed by atoms with E-state index in [9.17, 15) is 4.79 Å². The van der Waals surface area contributed by atoms with Crippen LogP contribution in [0.1, 0.15) is 16.1 Å². The molecule has 6 nitrogen and oxygen atoms in total. The third kappa shape index (κ3) is 0.971. The van der Waals surface area contributed by atoms with E-state index in [-0.39, 0.29) is 17.1 Å². The fraction of sp³-hybridized carbons (Fsp3) is 0.167. The maximum atomic E-state index is 10.5. The Morgan fingerprint density at radius 2 is 2.42 bits per heavy atom. The van der Waals surface area contributed by atoms with Gasteiger partial charge in [0.05, 0.1) is 0 Å². The lowest BCUT2D eigenvalue weighted by atomic mass is 10.2. The number of nitrogen functional groups attached to an aromatic ring is 1. The van der Waals surface area contributed by atoms with Gasteiger partial charge >= 0.3 is 5.97 Å². The van der Waals surface area contributed by atoms with E-state index in [1.165, 1.54) is 7.05 Å². The molecule has 0 saturated carbocycles. The van der Waals surface area contributed by atoms with Crippen molar-refractivity contribution >= 4 is 11.8 Å². The molecular formula is C6H6N4O2. The van der Waals surface area contributed by atoms with Crippen molar-refractivity contribution in [3.8, 4) is 6.07 Å². The van der Waals surface area contributed by atoms with Gasteiger partial charge in [-0.25, -0.2) is 4.79 Å². The Labute approximate surface area is 67.8 Å². The maximum Gasteiger partial charge on any atom is 0.357 e. The highest BCUT2D eigenvalue weighted by Gasteiger charge is 2.18. The van der Waals surface area contributed by atoms with Crippen LogP contribution in [0.25, 0.3) is 0 Å². The Morgan fingerprint density at radius 3 is 2.75 bits per heavy atom. The Morgan fingerprint density at radius 1 is 1.83 bits per heavy atom. The quantitative estimate of drug-likeness (QED) is 0.589. The molecule has 3 N–H and O–H groups in total. The average Bonchev–Trinajstić information content (AvgIpc) is 2.29. The molecule has 0 aromatic carbocycles. The van der Waals surface area contributed by atoms with Crippen LogP contribution >= 0.6 is 0 Å². The minimum absolute atomic E-state index is 0.0647. The van der Waals surface area contributed by atoms with Crippen LogP contribution in [0.4, 0.5) is 5.82 Å². The molecule has 1 heterocycles. The molecule has 12 heavy (non-hydrogen) atoms. The van der Waals surface area contributed by atoms with Crippen LogP contribution in [0.5, 0.6) is 0 Å². The van der Waals surface area contributed by atoms with Gasteiger partial charge in [-0.3, -0.25) is 4.68 Å². The molecule has 0 aliphatic heterocycles. The Kier molecular flexibility index (Phi) is 1.71. The highest BCUT2D eigenvalue weighted by Crippen LogP contribution is 2.13. The lowest BCUT2D eigenvalue weighted by Crippen LogP contribution is -2.00. The standard InChI is InChI=1S/C6H6N4O2/c1-10-5(8)3(2-7)4(9-10)6(11)12/h8H2,1H3,(H,11,12). The predicted octanol–water partition coefficient (Wildman–Crippen LogP) is -0.428. The molecule has 0 radical (unpaired) electrons. The fourth-order valence-corrected chi connectivity index (χ4v) is 0.797. The zero-order valence-corrected chi connectivity index (χ0v) is 6.27. The van der Waals surface area contributed by atoms with E-state index in [0.29, 0.717) is 0 Å². The summed E-state index contributed by atoms with van der Waals surface area (Å²) in [6, 6.07) is 1.68. The second-order valence-electron chi connectivity index (χ2n) is 2.15. The van der Waals surface area contributed by atoms with Crippen molar-refractivity contribution in [2.75, 3.05) is 5.73 Å². The third-order valence-corrected chi connectivity index (χ3v) is 1.41. The summed E-state index contributed by atoms with van der Waals surface area (Å²) in [5.41, 5.74) is 4.97.